The molecule has 0 radical (unpaired) electrons. The van der Waals surface area contributed by atoms with Crippen molar-refractivity contribution in [2.45, 2.75) is 76.9 Å². The van der Waals surface area contributed by atoms with Crippen molar-refractivity contribution in [1.82, 2.24) is 33.6 Å². The van der Waals surface area contributed by atoms with E-state index in [1.54, 1.807) is 24.1 Å². The van der Waals surface area contributed by atoms with Crippen molar-refractivity contribution in [3.05, 3.63) is 70.5 Å². The highest BCUT2D eigenvalue weighted by atomic mass is 32.2. The van der Waals surface area contributed by atoms with Crippen LogP contribution in [-0.2, 0) is 28.5 Å². The highest BCUT2D eigenvalue weighted by Crippen LogP contribution is 2.48. The number of carbonyl (C=O) groups is 2. The third kappa shape index (κ3) is 6.98. The molecular weight excluding hydrogens is 719 g/mol. The number of allylic oxidation sites excluding steroid dienone is 1. The number of morpholine rings is 1. The van der Waals surface area contributed by atoms with E-state index in [0.29, 0.717) is 24.6 Å². The van der Waals surface area contributed by atoms with Gasteiger partial charge in [-0.2, -0.15) is 17.8 Å². The first kappa shape index (κ1) is 37.4. The van der Waals surface area contributed by atoms with Gasteiger partial charge in [-0.15, -0.1) is 0 Å². The van der Waals surface area contributed by atoms with E-state index in [-0.39, 0.29) is 49.9 Å². The second-order valence-electron chi connectivity index (χ2n) is 15.3. The molecule has 55 heavy (non-hydrogen) atoms. The number of nitrogens with one attached hydrogen (secondary N) is 2. The monoisotopic (exact) mass is 769 g/mol. The van der Waals surface area contributed by atoms with Crippen molar-refractivity contribution in [2.24, 2.45) is 7.05 Å². The number of fused-ring (bicyclic) bond motifs is 5. The third-order valence-electron chi connectivity index (χ3n) is 11.9. The van der Waals surface area contributed by atoms with Gasteiger partial charge < -0.3 is 24.3 Å². The maximum absolute atomic E-state index is 14.4. The van der Waals surface area contributed by atoms with Gasteiger partial charge in [0.25, 0.3) is 11.8 Å². The molecule has 2 N–H and O–H groups in total. The molecule has 2 saturated heterocycles. The molecule has 13 nitrogen and oxygen atoms in total. The second kappa shape index (κ2) is 15.2. The lowest BCUT2D eigenvalue weighted by Crippen LogP contribution is -2.48. The first-order valence-electron chi connectivity index (χ1n) is 19.6. The molecule has 292 valence electrons. The molecule has 2 aromatic carbocycles. The Morgan fingerprint density at radius 2 is 1.82 bits per heavy atom. The van der Waals surface area contributed by atoms with Crippen molar-refractivity contribution in [3.8, 4) is 17.0 Å². The summed E-state index contributed by atoms with van der Waals surface area (Å²) in [6.07, 6.45) is 10.3. The van der Waals surface area contributed by atoms with Crippen LogP contribution in [0.1, 0.15) is 95.8 Å². The number of rotatable bonds is 9. The topological polar surface area (TPSA) is 140 Å². The van der Waals surface area contributed by atoms with Crippen molar-refractivity contribution < 1.29 is 27.5 Å². The zero-order chi connectivity index (χ0) is 38.4. The zero-order valence-electron chi connectivity index (χ0n) is 32.1. The Morgan fingerprint density at radius 3 is 2.56 bits per heavy atom. The third-order valence-corrected chi connectivity index (χ3v) is 13.4. The molecule has 0 unspecified atom stereocenters. The SMILES string of the molecule is CCN[C@@H]1C[C@H](C)N(C(=O)c2cnn(C)c2C2=Cc3cc(OC)ccc3-c3c(C4CCCCC4)c4ccc(C(=O)NS(=O)(=O)N5CCOCC5)cc4n3C2)C1. The number of methoxy groups -OCH3 is 1. The largest absolute Gasteiger partial charge is 0.497 e. The van der Waals surface area contributed by atoms with Gasteiger partial charge in [-0.1, -0.05) is 32.3 Å². The van der Waals surface area contributed by atoms with Crippen LogP contribution in [0.3, 0.4) is 0 Å². The Balaban J connectivity index is 1.27. The summed E-state index contributed by atoms with van der Waals surface area (Å²) in [6.45, 7) is 6.98. The van der Waals surface area contributed by atoms with E-state index in [1.165, 1.54) is 16.3 Å². The fourth-order valence-corrected chi connectivity index (χ4v) is 10.3. The van der Waals surface area contributed by atoms with Gasteiger partial charge in [-0.05, 0) is 91.8 Å². The van der Waals surface area contributed by atoms with E-state index < -0.39 is 16.1 Å². The molecular formula is C41H51N7O6S. The average Bonchev–Trinajstić information content (AvgIpc) is 3.83. The Hall–Kier alpha value is -4.50. The molecule has 5 heterocycles. The van der Waals surface area contributed by atoms with E-state index in [0.717, 1.165) is 83.4 Å². The van der Waals surface area contributed by atoms with E-state index in [2.05, 4.69) is 45.7 Å². The van der Waals surface area contributed by atoms with Crippen LogP contribution in [0.5, 0.6) is 5.75 Å². The predicted octanol–water partition coefficient (Wildman–Crippen LogP) is 5.17. The number of likely N-dealkylation sites (N-methyl/N-ethyl adjacent to an activating group) is 1. The summed E-state index contributed by atoms with van der Waals surface area (Å²) in [6, 6.07) is 12.0. The van der Waals surface area contributed by atoms with Crippen molar-refractivity contribution in [1.29, 1.82) is 0 Å². The highest BCUT2D eigenvalue weighted by molar-refractivity contribution is 7.87. The van der Waals surface area contributed by atoms with E-state index in [4.69, 9.17) is 9.47 Å². The lowest BCUT2D eigenvalue weighted by Gasteiger charge is -2.25. The van der Waals surface area contributed by atoms with E-state index in [1.807, 2.05) is 36.2 Å². The molecule has 1 aliphatic carbocycles. The minimum absolute atomic E-state index is 0.0482. The number of benzene rings is 2. The lowest BCUT2D eigenvalue weighted by atomic mass is 9.81. The molecule has 8 rings (SSSR count). The van der Waals surface area contributed by atoms with Crippen LogP contribution in [0, 0.1) is 0 Å². The first-order valence-corrected chi connectivity index (χ1v) is 21.0. The van der Waals surface area contributed by atoms with E-state index >= 15 is 0 Å². The van der Waals surface area contributed by atoms with Crippen LogP contribution in [-0.4, -0.2) is 102 Å². The minimum Gasteiger partial charge on any atom is -0.497 e. The predicted molar refractivity (Wildman–Crippen MR) is 212 cm³/mol. The van der Waals surface area contributed by atoms with Gasteiger partial charge >= 0.3 is 10.2 Å². The summed E-state index contributed by atoms with van der Waals surface area (Å²) in [7, 11) is -0.528. The Morgan fingerprint density at radius 1 is 1.04 bits per heavy atom. The summed E-state index contributed by atoms with van der Waals surface area (Å²) < 4.78 is 45.2. The fraction of sp³-hybridized carbons (Fsp3) is 0.488. The molecule has 1 saturated carbocycles. The molecule has 2 amide bonds. The first-order chi connectivity index (χ1) is 26.6. The van der Waals surface area contributed by atoms with Crippen LogP contribution < -0.4 is 14.8 Å². The van der Waals surface area contributed by atoms with Gasteiger partial charge in [-0.3, -0.25) is 14.3 Å². The number of nitrogens with zero attached hydrogens (tertiary/aromatic N) is 5. The summed E-state index contributed by atoms with van der Waals surface area (Å²) in [5.41, 5.74) is 7.56. The fourth-order valence-electron chi connectivity index (χ4n) is 9.23. The molecule has 3 aliphatic heterocycles. The van der Waals surface area contributed by atoms with Crippen molar-refractivity contribution in [2.75, 3.05) is 46.5 Å². The van der Waals surface area contributed by atoms with Crippen LogP contribution in [0.25, 0.3) is 33.8 Å². The highest BCUT2D eigenvalue weighted by Gasteiger charge is 2.36. The molecule has 0 bridgehead atoms. The van der Waals surface area contributed by atoms with Crippen LogP contribution in [0.4, 0.5) is 0 Å². The Bertz CT molecular complexity index is 2260. The maximum Gasteiger partial charge on any atom is 0.304 e. The summed E-state index contributed by atoms with van der Waals surface area (Å²) in [4.78, 5) is 30.1. The van der Waals surface area contributed by atoms with Gasteiger partial charge in [0.1, 0.15) is 5.75 Å². The smallest absolute Gasteiger partial charge is 0.304 e. The summed E-state index contributed by atoms with van der Waals surface area (Å²) in [5, 5.41) is 9.20. The number of likely N-dealkylation sites (tertiary alicyclic amines) is 1. The van der Waals surface area contributed by atoms with Gasteiger partial charge in [-0.25, -0.2) is 4.72 Å². The number of carbonyl (C=O) groups excluding carboxylic acids is 2. The number of hydrogen-bond acceptors (Lipinski definition) is 8. The molecule has 3 fully saturated rings. The second-order valence-corrected chi connectivity index (χ2v) is 17.0. The molecule has 2 aromatic heterocycles. The van der Waals surface area contributed by atoms with Crippen molar-refractivity contribution in [3.63, 3.8) is 0 Å². The standard InChI is InChI=1S/C41H51N7O6S/c1-5-42-31-19-26(2)47(25-31)41(50)35-23-43-45(3)38(35)30-20-29-21-32(53-4)12-14-33(29)39-37(27-9-7-6-8-10-27)34-13-11-28(22-36(34)48(39)24-30)40(49)44-55(51,52)46-15-17-54-18-16-46/h11-14,20-23,26-27,31,42H,5-10,15-19,24-25H2,1-4H3,(H,44,49)/t26-,31+/m0/s1. The molecule has 4 aliphatic rings. The van der Waals surface area contributed by atoms with Crippen molar-refractivity contribution >= 4 is 44.6 Å². The van der Waals surface area contributed by atoms with Crippen LogP contribution in [0.2, 0.25) is 0 Å². The van der Waals surface area contributed by atoms with E-state index in [9.17, 15) is 18.0 Å². The normalized spacial score (nSPS) is 20.9. The molecule has 0 spiro atoms. The van der Waals surface area contributed by atoms with Gasteiger partial charge in [0, 0.05) is 60.8 Å². The van der Waals surface area contributed by atoms with Gasteiger partial charge in [0.15, 0.2) is 0 Å². The Kier molecular flexibility index (Phi) is 10.3. The number of aryl methyl sites for hydroxylation is 1. The average molecular weight is 770 g/mol. The number of aromatic nitrogens is 3. The molecule has 14 heteroatoms. The van der Waals surface area contributed by atoms with Crippen LogP contribution >= 0.6 is 0 Å². The number of amides is 2. The van der Waals surface area contributed by atoms with Gasteiger partial charge in [0.05, 0.1) is 50.0 Å². The number of hydrogen-bond donors (Lipinski definition) is 2. The maximum atomic E-state index is 14.4. The Labute approximate surface area is 322 Å². The molecule has 2 atom stereocenters. The van der Waals surface area contributed by atoms with Crippen LogP contribution in [0.15, 0.2) is 42.6 Å². The molecule has 4 aromatic rings. The quantitative estimate of drug-likeness (QED) is 0.238. The minimum atomic E-state index is -4.06. The summed E-state index contributed by atoms with van der Waals surface area (Å²) in [5.74, 6) is 0.293. The zero-order valence-corrected chi connectivity index (χ0v) is 33.0. The summed E-state index contributed by atoms with van der Waals surface area (Å²) >= 11 is 0. The number of ether oxygens (including phenoxy) is 2. The van der Waals surface area contributed by atoms with Gasteiger partial charge in [0.2, 0.25) is 0 Å². The lowest BCUT2D eigenvalue weighted by molar-refractivity contribution is 0.0719.